The van der Waals surface area contributed by atoms with Crippen molar-refractivity contribution in [2.24, 2.45) is 0 Å². The molecule has 0 aromatic heterocycles. The Bertz CT molecular complexity index is 683. The molecule has 0 unspecified atom stereocenters. The van der Waals surface area contributed by atoms with Gasteiger partial charge in [-0.3, -0.25) is 9.69 Å². The molecule has 120 valence electrons. The van der Waals surface area contributed by atoms with Crippen molar-refractivity contribution in [2.45, 2.75) is 17.7 Å². The molecular weight excluding hydrogens is 327 g/mol. The Hall–Kier alpha value is -1.12. The van der Waals surface area contributed by atoms with Crippen LogP contribution in [0.1, 0.15) is 12.8 Å². The minimum Gasteiger partial charge on any atom is -0.296 e. The largest absolute Gasteiger partial charge is 0.296 e. The number of hydrogen-bond acceptors (Lipinski definition) is 4. The van der Waals surface area contributed by atoms with Crippen LogP contribution in [-0.4, -0.2) is 48.6 Å². The summed E-state index contributed by atoms with van der Waals surface area (Å²) < 4.78 is 37.8. The van der Waals surface area contributed by atoms with E-state index in [0.717, 1.165) is 0 Å². The number of carbonyl (C=O) groups excluding carboxylic acids is 1. The first-order valence-corrected chi connectivity index (χ1v) is 9.83. The van der Waals surface area contributed by atoms with E-state index in [1.807, 2.05) is 0 Å². The molecule has 2 aliphatic rings. The summed E-state index contributed by atoms with van der Waals surface area (Å²) >= 11 is 1.55. The number of halogens is 1. The van der Waals surface area contributed by atoms with Crippen LogP contribution in [0.3, 0.4) is 0 Å². The van der Waals surface area contributed by atoms with Gasteiger partial charge in [0.1, 0.15) is 5.82 Å². The summed E-state index contributed by atoms with van der Waals surface area (Å²) in [6.45, 7) is 0.799. The predicted octanol–water partition coefficient (Wildman–Crippen LogP) is 1.66. The summed E-state index contributed by atoms with van der Waals surface area (Å²) in [4.78, 5) is 13.6. The molecule has 2 fully saturated rings. The van der Waals surface area contributed by atoms with Gasteiger partial charge in [0.2, 0.25) is 15.9 Å². The fourth-order valence-electron chi connectivity index (χ4n) is 3.06. The Morgan fingerprint density at radius 2 is 1.77 bits per heavy atom. The van der Waals surface area contributed by atoms with Gasteiger partial charge in [-0.15, -0.1) is 11.8 Å². The van der Waals surface area contributed by atoms with Crippen molar-refractivity contribution in [3.05, 3.63) is 30.1 Å². The highest BCUT2D eigenvalue weighted by Crippen LogP contribution is 2.46. The molecule has 0 saturated carbocycles. The highest BCUT2D eigenvalue weighted by Gasteiger charge is 2.49. The van der Waals surface area contributed by atoms with E-state index in [4.69, 9.17) is 0 Å². The van der Waals surface area contributed by atoms with E-state index in [1.54, 1.807) is 28.8 Å². The van der Waals surface area contributed by atoms with Crippen LogP contribution >= 0.6 is 11.8 Å². The highest BCUT2D eigenvalue weighted by atomic mass is 32.2. The minimum atomic E-state index is -3.20. The van der Waals surface area contributed by atoms with Crippen LogP contribution in [0.5, 0.6) is 0 Å². The quantitative estimate of drug-likeness (QED) is 0.819. The summed E-state index contributed by atoms with van der Waals surface area (Å²) in [6.07, 6.45) is 2.36. The Morgan fingerprint density at radius 3 is 2.32 bits per heavy atom. The van der Waals surface area contributed by atoms with Crippen molar-refractivity contribution in [2.75, 3.05) is 30.0 Å². The molecule has 1 amide bonds. The third kappa shape index (κ3) is 2.75. The Balaban J connectivity index is 1.87. The van der Waals surface area contributed by atoms with Gasteiger partial charge in [0.25, 0.3) is 0 Å². The molecule has 0 radical (unpaired) electrons. The fraction of sp³-hybridized carbons (Fsp3) is 0.500. The van der Waals surface area contributed by atoms with Crippen molar-refractivity contribution < 1.29 is 17.6 Å². The summed E-state index contributed by atoms with van der Waals surface area (Å²) in [6, 6.07) is 5.88. The topological polar surface area (TPSA) is 57.7 Å². The number of anilines is 1. The minimum absolute atomic E-state index is 0.00980. The van der Waals surface area contributed by atoms with Crippen LogP contribution in [0.15, 0.2) is 24.3 Å². The van der Waals surface area contributed by atoms with Gasteiger partial charge < -0.3 is 0 Å². The van der Waals surface area contributed by atoms with Gasteiger partial charge in [0.05, 0.1) is 16.9 Å². The lowest BCUT2D eigenvalue weighted by molar-refractivity contribution is -0.116. The van der Waals surface area contributed by atoms with Gasteiger partial charge >= 0.3 is 0 Å². The molecule has 0 N–H and O–H groups in total. The summed E-state index contributed by atoms with van der Waals surface area (Å²) in [5, 5.41) is 0. The van der Waals surface area contributed by atoms with Crippen LogP contribution in [0.25, 0.3) is 0 Å². The van der Waals surface area contributed by atoms with Gasteiger partial charge in [-0.05, 0) is 37.1 Å². The Morgan fingerprint density at radius 1 is 1.18 bits per heavy atom. The molecule has 1 spiro atoms. The molecule has 2 aliphatic heterocycles. The molecular formula is C14H17FN2O3S2. The molecule has 3 rings (SSSR count). The number of sulfonamides is 1. The second-order valence-corrected chi connectivity index (χ2v) is 8.92. The number of carbonyl (C=O) groups is 1. The average Bonchev–Trinajstić information content (AvgIpc) is 2.77. The van der Waals surface area contributed by atoms with Crippen molar-refractivity contribution in [3.63, 3.8) is 0 Å². The van der Waals surface area contributed by atoms with Gasteiger partial charge in [0, 0.05) is 18.8 Å². The smallest absolute Gasteiger partial charge is 0.238 e. The van der Waals surface area contributed by atoms with E-state index in [-0.39, 0.29) is 11.7 Å². The van der Waals surface area contributed by atoms with Crippen molar-refractivity contribution in [3.8, 4) is 0 Å². The van der Waals surface area contributed by atoms with Gasteiger partial charge in [-0.2, -0.15) is 0 Å². The summed E-state index contributed by atoms with van der Waals surface area (Å²) in [5.41, 5.74) is 0.671. The third-order valence-electron chi connectivity index (χ3n) is 4.18. The molecule has 0 aliphatic carbocycles. The van der Waals surface area contributed by atoms with Crippen molar-refractivity contribution >= 4 is 33.4 Å². The number of benzene rings is 1. The number of amides is 1. The lowest BCUT2D eigenvalue weighted by Gasteiger charge is -2.43. The monoisotopic (exact) mass is 344 g/mol. The normalized spacial score (nSPS) is 22.5. The highest BCUT2D eigenvalue weighted by molar-refractivity contribution is 8.02. The SMILES string of the molecule is CS(=O)(=O)N1CCC2(CC1)SCC(=O)N2c1ccc(F)cc1. The lowest BCUT2D eigenvalue weighted by Crippen LogP contribution is -2.53. The predicted molar refractivity (Wildman–Crippen MR) is 84.7 cm³/mol. The molecule has 2 saturated heterocycles. The standard InChI is InChI=1S/C14H17FN2O3S2/c1-22(19,20)16-8-6-14(7-9-16)17(13(18)10-21-14)12-4-2-11(15)3-5-12/h2-5H,6-10H2,1H3. The van der Waals surface area contributed by atoms with Gasteiger partial charge in [-0.25, -0.2) is 17.1 Å². The van der Waals surface area contributed by atoms with E-state index >= 15 is 0 Å². The number of hydrogen-bond donors (Lipinski definition) is 0. The van der Waals surface area contributed by atoms with E-state index < -0.39 is 14.9 Å². The third-order valence-corrected chi connectivity index (χ3v) is 7.00. The molecule has 0 atom stereocenters. The molecule has 2 heterocycles. The zero-order valence-electron chi connectivity index (χ0n) is 12.2. The van der Waals surface area contributed by atoms with E-state index in [1.165, 1.54) is 22.7 Å². The molecule has 5 nitrogen and oxygen atoms in total. The first kappa shape index (κ1) is 15.8. The van der Waals surface area contributed by atoms with E-state index in [2.05, 4.69) is 0 Å². The number of piperidine rings is 1. The lowest BCUT2D eigenvalue weighted by atomic mass is 10.0. The maximum atomic E-state index is 13.1. The fourth-order valence-corrected chi connectivity index (χ4v) is 5.23. The summed E-state index contributed by atoms with van der Waals surface area (Å²) in [7, 11) is -3.20. The maximum Gasteiger partial charge on any atom is 0.238 e. The summed E-state index contributed by atoms with van der Waals surface area (Å²) in [5.74, 6) is 0.0180. The van der Waals surface area contributed by atoms with Crippen molar-refractivity contribution in [1.29, 1.82) is 0 Å². The second-order valence-electron chi connectivity index (χ2n) is 5.60. The molecule has 8 heteroatoms. The molecule has 1 aromatic rings. The Labute approximate surface area is 133 Å². The van der Waals surface area contributed by atoms with Crippen molar-refractivity contribution in [1.82, 2.24) is 4.31 Å². The number of nitrogens with zero attached hydrogens (tertiary/aromatic N) is 2. The van der Waals surface area contributed by atoms with Crippen LogP contribution < -0.4 is 4.90 Å². The molecule has 22 heavy (non-hydrogen) atoms. The first-order valence-electron chi connectivity index (χ1n) is 7.00. The van der Waals surface area contributed by atoms with Crippen LogP contribution in [-0.2, 0) is 14.8 Å². The second kappa shape index (κ2) is 5.50. The van der Waals surface area contributed by atoms with Crippen LogP contribution in [0.2, 0.25) is 0 Å². The molecule has 0 bridgehead atoms. The van der Waals surface area contributed by atoms with Crippen LogP contribution in [0.4, 0.5) is 10.1 Å². The number of rotatable bonds is 2. The van der Waals surface area contributed by atoms with E-state index in [0.29, 0.717) is 37.4 Å². The Kier molecular flexibility index (Phi) is 3.94. The zero-order valence-corrected chi connectivity index (χ0v) is 13.8. The zero-order chi connectivity index (χ0) is 16.0. The number of thioether (sulfide) groups is 1. The maximum absolute atomic E-state index is 13.1. The van der Waals surface area contributed by atoms with Gasteiger partial charge in [-0.1, -0.05) is 0 Å². The first-order chi connectivity index (χ1) is 10.3. The van der Waals surface area contributed by atoms with Crippen LogP contribution in [0, 0.1) is 5.82 Å². The average molecular weight is 344 g/mol. The van der Waals surface area contributed by atoms with E-state index in [9.17, 15) is 17.6 Å². The molecule has 1 aromatic carbocycles. The van der Waals surface area contributed by atoms with Gasteiger partial charge in [0.15, 0.2) is 0 Å².